The van der Waals surface area contributed by atoms with E-state index in [2.05, 4.69) is 25.5 Å². The number of quaternary nitrogens is 1. The first kappa shape index (κ1) is 22.1. The first-order valence-electron chi connectivity index (χ1n) is 10.3. The summed E-state index contributed by atoms with van der Waals surface area (Å²) in [6.45, 7) is 1.82. The van der Waals surface area contributed by atoms with Crippen LogP contribution in [0, 0.1) is 0 Å². The van der Waals surface area contributed by atoms with Gasteiger partial charge in [-0.1, -0.05) is 0 Å². The van der Waals surface area contributed by atoms with Gasteiger partial charge in [-0.25, -0.2) is 4.79 Å². The van der Waals surface area contributed by atoms with Gasteiger partial charge in [0.25, 0.3) is 5.91 Å². The van der Waals surface area contributed by atoms with Crippen molar-refractivity contribution in [3.8, 4) is 0 Å². The highest BCUT2D eigenvalue weighted by Gasteiger charge is 2.42. The van der Waals surface area contributed by atoms with Crippen molar-refractivity contribution in [2.24, 2.45) is 0 Å². The molecule has 0 saturated carbocycles. The van der Waals surface area contributed by atoms with Gasteiger partial charge in [0, 0.05) is 17.7 Å². The molecule has 2 aliphatic rings. The number of benzene rings is 1. The highest BCUT2D eigenvalue weighted by molar-refractivity contribution is 5.97. The van der Waals surface area contributed by atoms with E-state index in [0.29, 0.717) is 31.3 Å². The second kappa shape index (κ2) is 8.78. The van der Waals surface area contributed by atoms with Crippen molar-refractivity contribution in [1.82, 2.24) is 15.3 Å². The molecule has 174 valence electrons. The summed E-state index contributed by atoms with van der Waals surface area (Å²) in [5.74, 6) is -2.49. The van der Waals surface area contributed by atoms with Gasteiger partial charge in [0.1, 0.15) is 12.1 Å². The molecule has 0 bridgehead atoms. The van der Waals surface area contributed by atoms with Gasteiger partial charge in [0.2, 0.25) is 11.6 Å². The van der Waals surface area contributed by atoms with E-state index < -0.39 is 23.9 Å². The summed E-state index contributed by atoms with van der Waals surface area (Å²) in [6, 6.07) is 5.49. The minimum Gasteiger partial charge on any atom is -0.481 e. The molecule has 0 spiro atoms. The number of aromatic amines is 1. The number of nitrogen functional groups attached to an aromatic ring is 1. The van der Waals surface area contributed by atoms with Crippen LogP contribution in [0.25, 0.3) is 0 Å². The van der Waals surface area contributed by atoms with E-state index in [1.807, 2.05) is 0 Å². The number of aliphatic carboxylic acids is 2. The predicted octanol–water partition coefficient (Wildman–Crippen LogP) is -1.81. The highest BCUT2D eigenvalue weighted by Crippen LogP contribution is 2.21. The number of nitrogens with two attached hydrogens (primary N) is 1. The third-order valence-corrected chi connectivity index (χ3v) is 5.81. The average Bonchev–Trinajstić information content (AvgIpc) is 3.20. The second-order valence-electron chi connectivity index (χ2n) is 8.00. The Labute approximate surface area is 187 Å². The lowest BCUT2D eigenvalue weighted by atomic mass is 10.1. The number of rotatable bonds is 7. The number of fused-ring (bicyclic) bond motifs is 3. The van der Waals surface area contributed by atoms with E-state index in [1.165, 1.54) is 0 Å². The normalized spacial score (nSPS) is 19.7. The van der Waals surface area contributed by atoms with Crippen molar-refractivity contribution in [3.63, 3.8) is 0 Å². The molecule has 3 heterocycles. The van der Waals surface area contributed by atoms with Crippen molar-refractivity contribution in [2.45, 2.75) is 24.9 Å². The van der Waals surface area contributed by atoms with Crippen LogP contribution in [0.2, 0.25) is 0 Å². The summed E-state index contributed by atoms with van der Waals surface area (Å²) in [7, 11) is 0. The van der Waals surface area contributed by atoms with Crippen molar-refractivity contribution in [2.75, 3.05) is 35.7 Å². The summed E-state index contributed by atoms with van der Waals surface area (Å²) in [6.07, 6.45) is -0.578. The van der Waals surface area contributed by atoms with E-state index in [1.54, 1.807) is 24.3 Å². The zero-order valence-corrected chi connectivity index (χ0v) is 17.5. The molecule has 3 atom stereocenters. The molecule has 33 heavy (non-hydrogen) atoms. The molecule has 1 aromatic heterocycles. The van der Waals surface area contributed by atoms with E-state index in [-0.39, 0.29) is 36.0 Å². The Balaban J connectivity index is 1.45. The maximum atomic E-state index is 12.4. The molecular weight excluding hydrogens is 434 g/mol. The average molecular weight is 458 g/mol. The molecule has 1 unspecified atom stereocenters. The van der Waals surface area contributed by atoms with Gasteiger partial charge in [-0.05, 0) is 30.7 Å². The van der Waals surface area contributed by atoms with Gasteiger partial charge >= 0.3 is 17.5 Å². The topological polar surface area (TPSA) is 195 Å². The van der Waals surface area contributed by atoms with E-state index in [9.17, 15) is 24.3 Å². The molecule has 1 fully saturated rings. The van der Waals surface area contributed by atoms with Gasteiger partial charge < -0.3 is 31.5 Å². The number of carboxylic acid groups (broad SMARTS) is 2. The Morgan fingerprint density at radius 3 is 2.67 bits per heavy atom. The molecule has 2 aliphatic heterocycles. The van der Waals surface area contributed by atoms with Crippen LogP contribution in [-0.2, 0) is 9.59 Å². The maximum absolute atomic E-state index is 12.4. The van der Waals surface area contributed by atoms with E-state index in [0.717, 1.165) is 10.6 Å². The van der Waals surface area contributed by atoms with Crippen LogP contribution in [-0.4, -0.2) is 69.9 Å². The molecular formula is C20H24N7O6+. The van der Waals surface area contributed by atoms with Crippen molar-refractivity contribution < 1.29 is 29.5 Å². The lowest BCUT2D eigenvalue weighted by Crippen LogP contribution is -3.12. The number of hydrogen-bond donors (Lipinski definition) is 7. The fourth-order valence-electron chi connectivity index (χ4n) is 4.17. The molecule has 2 aromatic rings. The number of H-pyrrole nitrogens is 1. The SMILES string of the molecule is Nc1nc2c(c(=O)[nH]1)[NH+]1CN(c3ccc(C(=O)N[C@@H](CCC(=O)O)C(=O)O)cc3)C[C@H]1CN2. The molecule has 13 nitrogen and oxygen atoms in total. The van der Waals surface area contributed by atoms with Crippen LogP contribution in [0.3, 0.4) is 0 Å². The number of amides is 1. The zero-order valence-electron chi connectivity index (χ0n) is 17.5. The number of nitrogens with zero attached hydrogens (tertiary/aromatic N) is 2. The largest absolute Gasteiger partial charge is 0.481 e. The van der Waals surface area contributed by atoms with Crippen molar-refractivity contribution >= 4 is 41.0 Å². The Morgan fingerprint density at radius 1 is 1.27 bits per heavy atom. The number of nitrogens with one attached hydrogen (secondary N) is 4. The third-order valence-electron chi connectivity index (χ3n) is 5.81. The number of carboxylic acids is 2. The first-order chi connectivity index (χ1) is 15.7. The van der Waals surface area contributed by atoms with Gasteiger partial charge in [0.15, 0.2) is 12.5 Å². The Morgan fingerprint density at radius 2 is 2.00 bits per heavy atom. The van der Waals surface area contributed by atoms with Gasteiger partial charge in [0.05, 0.1) is 13.1 Å². The number of hydrogen-bond acceptors (Lipinski definition) is 8. The number of aromatic nitrogens is 2. The van der Waals surface area contributed by atoms with Crippen LogP contribution in [0.5, 0.6) is 0 Å². The maximum Gasteiger partial charge on any atom is 0.326 e. The molecule has 13 heteroatoms. The molecule has 8 N–H and O–H groups in total. The van der Waals surface area contributed by atoms with Gasteiger partial charge in [-0.15, -0.1) is 0 Å². The number of carbonyl (C=O) groups excluding carboxylic acids is 1. The summed E-state index contributed by atoms with van der Waals surface area (Å²) in [4.78, 5) is 56.6. The highest BCUT2D eigenvalue weighted by atomic mass is 16.4. The quantitative estimate of drug-likeness (QED) is 0.248. The molecule has 4 rings (SSSR count). The van der Waals surface area contributed by atoms with Gasteiger partial charge in [-0.3, -0.25) is 24.3 Å². The summed E-state index contributed by atoms with van der Waals surface area (Å²) < 4.78 is 0. The van der Waals surface area contributed by atoms with E-state index >= 15 is 0 Å². The molecule has 1 saturated heterocycles. The smallest absolute Gasteiger partial charge is 0.326 e. The van der Waals surface area contributed by atoms with Crippen LogP contribution in [0.4, 0.5) is 23.1 Å². The number of carbonyl (C=O) groups is 3. The monoisotopic (exact) mass is 458 g/mol. The van der Waals surface area contributed by atoms with Gasteiger partial charge in [-0.2, -0.15) is 4.98 Å². The van der Waals surface area contributed by atoms with Crippen molar-refractivity contribution in [1.29, 1.82) is 0 Å². The fourth-order valence-corrected chi connectivity index (χ4v) is 4.17. The minimum absolute atomic E-state index is 0.0575. The van der Waals surface area contributed by atoms with Crippen molar-refractivity contribution in [3.05, 3.63) is 40.2 Å². The standard InChI is InChI=1S/C20H23N7O6/c21-20-24-16-15(18(31)25-20)27-9-26(8-12(27)7-22-16)11-3-1-10(2-4-11)17(30)23-13(19(32)33)5-6-14(28)29/h1-4,12-13H,5-9H2,(H,23,30)(H,28,29)(H,32,33)(H4,21,22,24,25,31)/p+1/t12-,13+/m1/s1. The Hall–Kier alpha value is -4.13. The summed E-state index contributed by atoms with van der Waals surface area (Å²) in [5.41, 5.74) is 6.97. The zero-order chi connectivity index (χ0) is 23.7. The van der Waals surface area contributed by atoms with E-state index in [4.69, 9.17) is 10.8 Å². The summed E-state index contributed by atoms with van der Waals surface area (Å²) in [5, 5.41) is 23.5. The van der Waals surface area contributed by atoms with Crippen LogP contribution < -0.4 is 31.7 Å². The lowest BCUT2D eigenvalue weighted by molar-refractivity contribution is -0.844. The Bertz CT molecular complexity index is 1150. The fraction of sp³-hybridized carbons (Fsp3) is 0.350. The lowest BCUT2D eigenvalue weighted by Gasteiger charge is -2.26. The number of anilines is 3. The first-order valence-corrected chi connectivity index (χ1v) is 10.3. The molecule has 0 aliphatic carbocycles. The third kappa shape index (κ3) is 4.57. The molecule has 1 aromatic carbocycles. The summed E-state index contributed by atoms with van der Waals surface area (Å²) >= 11 is 0. The Kier molecular flexibility index (Phi) is 5.87. The van der Waals surface area contributed by atoms with Crippen LogP contribution in [0.1, 0.15) is 23.2 Å². The van der Waals surface area contributed by atoms with Crippen LogP contribution in [0.15, 0.2) is 29.1 Å². The predicted molar refractivity (Wildman–Crippen MR) is 117 cm³/mol. The van der Waals surface area contributed by atoms with Crippen LogP contribution >= 0.6 is 0 Å². The molecule has 1 amide bonds. The molecule has 0 radical (unpaired) electrons. The second-order valence-corrected chi connectivity index (χ2v) is 8.00. The minimum atomic E-state index is -1.29.